The standard InChI is InChI=1S/C19H21N3O3/c1-14(23)20-12-13-21-19(25)17(15-8-4-2-5-9-15)22-18(24)16-10-6-3-7-11-16/h2-11,17H,12-13H2,1H3,(H,20,23)(H,21,25)(H,22,24). The highest BCUT2D eigenvalue weighted by molar-refractivity contribution is 5.97. The molecule has 0 aromatic heterocycles. The molecule has 0 saturated heterocycles. The van der Waals surface area contributed by atoms with Gasteiger partial charge in [0.25, 0.3) is 5.91 Å². The average Bonchev–Trinajstić information content (AvgIpc) is 2.64. The van der Waals surface area contributed by atoms with Crippen LogP contribution in [0.4, 0.5) is 0 Å². The Bertz CT molecular complexity index is 717. The van der Waals surface area contributed by atoms with Crippen molar-refractivity contribution >= 4 is 17.7 Å². The van der Waals surface area contributed by atoms with Crippen molar-refractivity contribution in [3.63, 3.8) is 0 Å². The summed E-state index contributed by atoms with van der Waals surface area (Å²) >= 11 is 0. The Hall–Kier alpha value is -3.15. The first-order valence-corrected chi connectivity index (χ1v) is 8.01. The lowest BCUT2D eigenvalue weighted by Crippen LogP contribution is -2.42. The second-order valence-electron chi connectivity index (χ2n) is 5.46. The molecular formula is C19H21N3O3. The zero-order valence-electron chi connectivity index (χ0n) is 14.0. The third-order valence-electron chi connectivity index (χ3n) is 3.50. The van der Waals surface area contributed by atoms with E-state index >= 15 is 0 Å². The van der Waals surface area contributed by atoms with Gasteiger partial charge in [-0.05, 0) is 17.7 Å². The van der Waals surface area contributed by atoms with Gasteiger partial charge in [-0.2, -0.15) is 0 Å². The summed E-state index contributed by atoms with van der Waals surface area (Å²) in [4.78, 5) is 35.8. The molecule has 2 rings (SSSR count). The number of nitrogens with one attached hydrogen (secondary N) is 3. The van der Waals surface area contributed by atoms with Gasteiger partial charge < -0.3 is 16.0 Å². The quantitative estimate of drug-likeness (QED) is 0.667. The number of carbonyl (C=O) groups excluding carboxylic acids is 3. The van der Waals surface area contributed by atoms with Gasteiger partial charge in [0, 0.05) is 25.6 Å². The van der Waals surface area contributed by atoms with Crippen molar-refractivity contribution in [1.82, 2.24) is 16.0 Å². The molecular weight excluding hydrogens is 318 g/mol. The maximum atomic E-state index is 12.5. The molecule has 0 aliphatic heterocycles. The Balaban J connectivity index is 2.07. The second kappa shape index (κ2) is 9.22. The summed E-state index contributed by atoms with van der Waals surface area (Å²) in [5.74, 6) is -0.821. The monoisotopic (exact) mass is 339 g/mol. The van der Waals surface area contributed by atoms with Crippen molar-refractivity contribution < 1.29 is 14.4 Å². The molecule has 0 saturated carbocycles. The van der Waals surface area contributed by atoms with Crippen LogP contribution in [0.25, 0.3) is 0 Å². The highest BCUT2D eigenvalue weighted by Crippen LogP contribution is 2.14. The minimum absolute atomic E-state index is 0.161. The van der Waals surface area contributed by atoms with E-state index in [4.69, 9.17) is 0 Å². The fourth-order valence-corrected chi connectivity index (χ4v) is 2.28. The van der Waals surface area contributed by atoms with Gasteiger partial charge in [0.05, 0.1) is 0 Å². The zero-order chi connectivity index (χ0) is 18.1. The van der Waals surface area contributed by atoms with Crippen molar-refractivity contribution in [1.29, 1.82) is 0 Å². The fourth-order valence-electron chi connectivity index (χ4n) is 2.28. The van der Waals surface area contributed by atoms with Crippen molar-refractivity contribution in [2.45, 2.75) is 13.0 Å². The van der Waals surface area contributed by atoms with E-state index in [9.17, 15) is 14.4 Å². The summed E-state index contributed by atoms with van der Waals surface area (Å²) in [6.45, 7) is 2.02. The van der Waals surface area contributed by atoms with E-state index in [1.807, 2.05) is 24.3 Å². The minimum Gasteiger partial charge on any atom is -0.355 e. The van der Waals surface area contributed by atoms with Crippen LogP contribution in [0.1, 0.15) is 28.9 Å². The van der Waals surface area contributed by atoms with Gasteiger partial charge in [0.15, 0.2) is 0 Å². The largest absolute Gasteiger partial charge is 0.355 e. The Morgan fingerprint density at radius 1 is 0.840 bits per heavy atom. The molecule has 2 aromatic carbocycles. The lowest BCUT2D eigenvalue weighted by atomic mass is 10.1. The van der Waals surface area contributed by atoms with E-state index in [0.29, 0.717) is 17.7 Å². The molecule has 0 aliphatic rings. The molecule has 0 radical (unpaired) electrons. The normalized spacial score (nSPS) is 11.2. The van der Waals surface area contributed by atoms with Crippen LogP contribution in [0.3, 0.4) is 0 Å². The molecule has 1 atom stereocenters. The van der Waals surface area contributed by atoms with Crippen LogP contribution in [0, 0.1) is 0 Å². The van der Waals surface area contributed by atoms with E-state index in [1.54, 1.807) is 36.4 Å². The van der Waals surface area contributed by atoms with Crippen molar-refractivity contribution in [2.75, 3.05) is 13.1 Å². The van der Waals surface area contributed by atoms with E-state index in [2.05, 4.69) is 16.0 Å². The summed E-state index contributed by atoms with van der Waals surface area (Å²) in [5, 5.41) is 8.09. The van der Waals surface area contributed by atoms with Gasteiger partial charge in [-0.15, -0.1) is 0 Å². The minimum atomic E-state index is -0.814. The molecule has 2 aromatic rings. The number of hydrogen-bond donors (Lipinski definition) is 3. The van der Waals surface area contributed by atoms with Crippen LogP contribution in [0.2, 0.25) is 0 Å². The van der Waals surface area contributed by atoms with Crippen molar-refractivity contribution in [3.8, 4) is 0 Å². The van der Waals surface area contributed by atoms with Crippen LogP contribution in [-0.4, -0.2) is 30.8 Å². The maximum absolute atomic E-state index is 12.5. The number of hydrogen-bond acceptors (Lipinski definition) is 3. The average molecular weight is 339 g/mol. The summed E-state index contributed by atoms with van der Waals surface area (Å²) < 4.78 is 0. The molecule has 0 spiro atoms. The summed E-state index contributed by atoms with van der Waals surface area (Å²) in [6.07, 6.45) is 0. The SMILES string of the molecule is CC(=O)NCCNC(=O)C(NC(=O)c1ccccc1)c1ccccc1. The van der Waals surface area contributed by atoms with Crippen molar-refractivity contribution in [3.05, 3.63) is 71.8 Å². The third-order valence-corrected chi connectivity index (χ3v) is 3.50. The van der Waals surface area contributed by atoms with Crippen molar-refractivity contribution in [2.24, 2.45) is 0 Å². The number of carbonyl (C=O) groups is 3. The lowest BCUT2D eigenvalue weighted by Gasteiger charge is -2.19. The molecule has 6 nitrogen and oxygen atoms in total. The Morgan fingerprint density at radius 3 is 2.00 bits per heavy atom. The highest BCUT2D eigenvalue weighted by atomic mass is 16.2. The molecule has 130 valence electrons. The maximum Gasteiger partial charge on any atom is 0.252 e. The predicted molar refractivity (Wildman–Crippen MR) is 94.8 cm³/mol. The first kappa shape index (κ1) is 18.2. The molecule has 3 N–H and O–H groups in total. The van der Waals surface area contributed by atoms with E-state index in [0.717, 1.165) is 0 Å². The van der Waals surface area contributed by atoms with Crippen LogP contribution in [0.15, 0.2) is 60.7 Å². The van der Waals surface area contributed by atoms with Gasteiger partial charge in [-0.3, -0.25) is 14.4 Å². The number of amides is 3. The van der Waals surface area contributed by atoms with Crippen LogP contribution < -0.4 is 16.0 Å². The molecule has 0 fully saturated rings. The molecule has 1 unspecified atom stereocenters. The summed E-state index contributed by atoms with van der Waals surface area (Å²) in [7, 11) is 0. The number of benzene rings is 2. The molecule has 0 bridgehead atoms. The Kier molecular flexibility index (Phi) is 6.71. The van der Waals surface area contributed by atoms with E-state index in [-0.39, 0.29) is 24.3 Å². The van der Waals surface area contributed by atoms with E-state index in [1.165, 1.54) is 6.92 Å². The van der Waals surface area contributed by atoms with Crippen LogP contribution in [0.5, 0.6) is 0 Å². The molecule has 0 heterocycles. The first-order valence-electron chi connectivity index (χ1n) is 8.01. The highest BCUT2D eigenvalue weighted by Gasteiger charge is 2.22. The Labute approximate surface area is 146 Å². The van der Waals surface area contributed by atoms with Gasteiger partial charge in [0.1, 0.15) is 6.04 Å². The third kappa shape index (κ3) is 5.76. The topological polar surface area (TPSA) is 87.3 Å². The molecule has 3 amide bonds. The van der Waals surface area contributed by atoms with E-state index < -0.39 is 6.04 Å². The van der Waals surface area contributed by atoms with Gasteiger partial charge in [0.2, 0.25) is 11.8 Å². The van der Waals surface area contributed by atoms with Crippen LogP contribution in [-0.2, 0) is 9.59 Å². The number of rotatable bonds is 7. The second-order valence-corrected chi connectivity index (χ2v) is 5.46. The van der Waals surface area contributed by atoms with Gasteiger partial charge in [-0.25, -0.2) is 0 Å². The smallest absolute Gasteiger partial charge is 0.252 e. The fraction of sp³-hybridized carbons (Fsp3) is 0.211. The molecule has 6 heteroatoms. The Morgan fingerprint density at radius 2 is 1.40 bits per heavy atom. The van der Waals surface area contributed by atoms with Gasteiger partial charge in [-0.1, -0.05) is 48.5 Å². The first-order chi connectivity index (χ1) is 12.1. The summed E-state index contributed by atoms with van der Waals surface area (Å²) in [6, 6.07) is 16.9. The molecule has 0 aliphatic carbocycles. The van der Waals surface area contributed by atoms with Crippen LogP contribution >= 0.6 is 0 Å². The predicted octanol–water partition coefficient (Wildman–Crippen LogP) is 1.41. The zero-order valence-corrected chi connectivity index (χ0v) is 14.0. The lowest BCUT2D eigenvalue weighted by molar-refractivity contribution is -0.123. The molecule has 25 heavy (non-hydrogen) atoms. The van der Waals surface area contributed by atoms with Gasteiger partial charge >= 0.3 is 0 Å². The summed E-state index contributed by atoms with van der Waals surface area (Å²) in [5.41, 5.74) is 1.17.